The predicted octanol–water partition coefficient (Wildman–Crippen LogP) is 2.81. The van der Waals surface area contributed by atoms with E-state index in [1.807, 2.05) is 0 Å². The number of carboxylic acid groups (broad SMARTS) is 1. The largest absolute Gasteiger partial charge is 0.497 e. The van der Waals surface area contributed by atoms with Gasteiger partial charge in [0.05, 0.1) is 12.5 Å². The molecule has 1 heterocycles. The van der Waals surface area contributed by atoms with E-state index in [2.05, 4.69) is 0 Å². The van der Waals surface area contributed by atoms with Gasteiger partial charge in [-0.15, -0.1) is 0 Å². The monoisotopic (exact) mass is 314 g/mol. The summed E-state index contributed by atoms with van der Waals surface area (Å²) in [5, 5.41) is 10.8. The summed E-state index contributed by atoms with van der Waals surface area (Å²) in [5.41, 5.74) is -0.155. The van der Waals surface area contributed by atoms with Crippen LogP contribution >= 0.6 is 0 Å². The minimum atomic E-state index is -1.07. The maximum Gasteiger partial charge on any atom is 0.344 e. The molecule has 6 nitrogen and oxygen atoms in total. The third-order valence-electron chi connectivity index (χ3n) is 3.55. The predicted molar refractivity (Wildman–Crippen MR) is 84.3 cm³/mol. The molecule has 3 aromatic rings. The third kappa shape index (κ3) is 2.70. The van der Waals surface area contributed by atoms with Crippen LogP contribution in [-0.2, 0) is 4.79 Å². The van der Waals surface area contributed by atoms with E-state index >= 15 is 0 Å². The Morgan fingerprint density at radius 1 is 1.09 bits per heavy atom. The first kappa shape index (κ1) is 14.9. The normalized spacial score (nSPS) is 12.3. The van der Waals surface area contributed by atoms with Gasteiger partial charge in [-0.3, -0.25) is 0 Å². The van der Waals surface area contributed by atoms with E-state index in [1.165, 1.54) is 20.1 Å². The number of aliphatic carboxylic acids is 1. The second-order valence-corrected chi connectivity index (χ2v) is 5.06. The number of hydrogen-bond donors (Lipinski definition) is 1. The van der Waals surface area contributed by atoms with Crippen LogP contribution in [0.15, 0.2) is 45.6 Å². The van der Waals surface area contributed by atoms with Gasteiger partial charge in [-0.05, 0) is 37.3 Å². The van der Waals surface area contributed by atoms with Crippen LogP contribution in [0.25, 0.3) is 21.7 Å². The first-order valence-electron chi connectivity index (χ1n) is 6.93. The van der Waals surface area contributed by atoms with E-state index in [4.69, 9.17) is 19.0 Å². The summed E-state index contributed by atoms with van der Waals surface area (Å²) in [6.45, 7) is 1.43. The van der Waals surface area contributed by atoms with Crippen molar-refractivity contribution in [3.63, 3.8) is 0 Å². The van der Waals surface area contributed by atoms with Crippen molar-refractivity contribution in [1.82, 2.24) is 0 Å². The third-order valence-corrected chi connectivity index (χ3v) is 3.55. The van der Waals surface area contributed by atoms with Gasteiger partial charge in [-0.1, -0.05) is 0 Å². The molecule has 0 saturated heterocycles. The van der Waals surface area contributed by atoms with Gasteiger partial charge in [0.2, 0.25) is 0 Å². The molecule has 0 radical (unpaired) electrons. The van der Waals surface area contributed by atoms with Gasteiger partial charge in [0, 0.05) is 16.8 Å². The highest BCUT2D eigenvalue weighted by Crippen LogP contribution is 2.28. The van der Waals surface area contributed by atoms with Crippen LogP contribution in [0.5, 0.6) is 11.5 Å². The molecule has 3 rings (SSSR count). The van der Waals surface area contributed by atoms with E-state index in [9.17, 15) is 9.59 Å². The standard InChI is InChI=1S/C17H14O6/c1-9(16(18)19)22-11-4-6-13-12-5-3-10(21-2)7-14(12)17(20)23-15(13)8-11/h3-9H,1-2H3,(H,18,19)/t9-/m0/s1. The Hall–Kier alpha value is -3.02. The van der Waals surface area contributed by atoms with Crippen LogP contribution in [0.2, 0.25) is 0 Å². The Kier molecular flexibility index (Phi) is 3.65. The molecule has 0 fully saturated rings. The number of fused-ring (bicyclic) bond motifs is 3. The second kappa shape index (κ2) is 5.64. The van der Waals surface area contributed by atoms with Crippen molar-refractivity contribution >= 4 is 27.7 Å². The van der Waals surface area contributed by atoms with Gasteiger partial charge in [0.15, 0.2) is 6.10 Å². The first-order chi connectivity index (χ1) is 11.0. The highest BCUT2D eigenvalue weighted by Gasteiger charge is 2.14. The highest BCUT2D eigenvalue weighted by molar-refractivity contribution is 6.04. The van der Waals surface area contributed by atoms with Gasteiger partial charge in [0.1, 0.15) is 17.1 Å². The smallest absolute Gasteiger partial charge is 0.344 e. The van der Waals surface area contributed by atoms with Crippen LogP contribution in [0.4, 0.5) is 0 Å². The molecule has 1 N–H and O–H groups in total. The second-order valence-electron chi connectivity index (χ2n) is 5.06. The molecule has 0 unspecified atom stereocenters. The fourth-order valence-corrected chi connectivity index (χ4v) is 2.35. The molecule has 0 aliphatic rings. The number of rotatable bonds is 4. The van der Waals surface area contributed by atoms with Crippen molar-refractivity contribution in [2.75, 3.05) is 7.11 Å². The minimum absolute atomic E-state index is 0.323. The fraction of sp³-hybridized carbons (Fsp3) is 0.176. The molecule has 0 bridgehead atoms. The molecule has 1 atom stereocenters. The topological polar surface area (TPSA) is 86.0 Å². The van der Waals surface area contributed by atoms with Gasteiger partial charge < -0.3 is 19.0 Å². The number of methoxy groups -OCH3 is 1. The van der Waals surface area contributed by atoms with Crippen molar-refractivity contribution in [3.05, 3.63) is 46.8 Å². The summed E-state index contributed by atoms with van der Waals surface area (Å²) in [7, 11) is 1.52. The molecule has 118 valence electrons. The number of carboxylic acids is 1. The van der Waals surface area contributed by atoms with Crippen molar-refractivity contribution in [2.45, 2.75) is 13.0 Å². The lowest BCUT2D eigenvalue weighted by Gasteiger charge is -2.11. The molecule has 6 heteroatoms. The average molecular weight is 314 g/mol. The van der Waals surface area contributed by atoms with E-state index < -0.39 is 17.7 Å². The Morgan fingerprint density at radius 3 is 2.48 bits per heavy atom. The van der Waals surface area contributed by atoms with E-state index in [1.54, 1.807) is 30.3 Å². The summed E-state index contributed by atoms with van der Waals surface area (Å²) in [4.78, 5) is 23.0. The van der Waals surface area contributed by atoms with Crippen molar-refractivity contribution in [2.24, 2.45) is 0 Å². The lowest BCUT2D eigenvalue weighted by molar-refractivity contribution is -0.144. The van der Waals surface area contributed by atoms with Gasteiger partial charge in [-0.25, -0.2) is 9.59 Å². The molecule has 2 aromatic carbocycles. The van der Waals surface area contributed by atoms with E-state index in [-0.39, 0.29) is 0 Å². The molecular formula is C17H14O6. The molecule has 0 saturated carbocycles. The fourth-order valence-electron chi connectivity index (χ4n) is 2.35. The van der Waals surface area contributed by atoms with E-state index in [0.29, 0.717) is 22.5 Å². The number of ether oxygens (including phenoxy) is 2. The van der Waals surface area contributed by atoms with Gasteiger partial charge in [0.25, 0.3) is 0 Å². The molecule has 0 aliphatic carbocycles. The Morgan fingerprint density at radius 2 is 1.78 bits per heavy atom. The van der Waals surface area contributed by atoms with Crippen LogP contribution in [0, 0.1) is 0 Å². The molecule has 0 aliphatic heterocycles. The van der Waals surface area contributed by atoms with Crippen LogP contribution in [0.3, 0.4) is 0 Å². The number of benzene rings is 2. The van der Waals surface area contributed by atoms with Crippen molar-refractivity contribution < 1.29 is 23.8 Å². The zero-order valence-corrected chi connectivity index (χ0v) is 12.5. The highest BCUT2D eigenvalue weighted by atomic mass is 16.5. The molecule has 1 aromatic heterocycles. The first-order valence-corrected chi connectivity index (χ1v) is 6.93. The summed E-state index contributed by atoms with van der Waals surface area (Å²) in [6.07, 6.45) is -0.996. The molecule has 0 spiro atoms. The number of hydrogen-bond acceptors (Lipinski definition) is 5. The van der Waals surface area contributed by atoms with Crippen LogP contribution in [-0.4, -0.2) is 24.3 Å². The van der Waals surface area contributed by atoms with Gasteiger partial charge in [-0.2, -0.15) is 0 Å². The summed E-state index contributed by atoms with van der Waals surface area (Å²) in [6, 6.07) is 10.1. The lowest BCUT2D eigenvalue weighted by Crippen LogP contribution is -2.22. The maximum absolute atomic E-state index is 12.1. The van der Waals surface area contributed by atoms with Crippen LogP contribution < -0.4 is 15.1 Å². The SMILES string of the molecule is COc1ccc2c(c1)c(=O)oc1cc(O[C@@H](C)C(=O)O)ccc12. The average Bonchev–Trinajstić information content (AvgIpc) is 2.54. The molecule has 0 amide bonds. The van der Waals surface area contributed by atoms with Crippen LogP contribution in [0.1, 0.15) is 6.92 Å². The summed E-state index contributed by atoms with van der Waals surface area (Å²) < 4.78 is 15.7. The molecule has 23 heavy (non-hydrogen) atoms. The maximum atomic E-state index is 12.1. The summed E-state index contributed by atoms with van der Waals surface area (Å²) >= 11 is 0. The zero-order valence-electron chi connectivity index (χ0n) is 12.5. The zero-order chi connectivity index (χ0) is 16.6. The molecular weight excluding hydrogens is 300 g/mol. The Bertz CT molecular complexity index is 956. The minimum Gasteiger partial charge on any atom is -0.497 e. The van der Waals surface area contributed by atoms with Crippen molar-refractivity contribution in [3.8, 4) is 11.5 Å². The Labute approximate surface area is 130 Å². The lowest BCUT2D eigenvalue weighted by atomic mass is 10.1. The van der Waals surface area contributed by atoms with Gasteiger partial charge >= 0.3 is 11.6 Å². The quantitative estimate of drug-likeness (QED) is 0.588. The van der Waals surface area contributed by atoms with E-state index in [0.717, 1.165) is 10.8 Å². The Balaban J connectivity index is 2.16. The van der Waals surface area contributed by atoms with Crippen molar-refractivity contribution in [1.29, 1.82) is 0 Å². The summed E-state index contributed by atoms with van der Waals surface area (Å²) in [5.74, 6) is -0.181. The number of carbonyl (C=O) groups is 1.